The summed E-state index contributed by atoms with van der Waals surface area (Å²) in [4.78, 5) is 16.1. The summed E-state index contributed by atoms with van der Waals surface area (Å²) >= 11 is 0. The lowest BCUT2D eigenvalue weighted by Gasteiger charge is -2.29. The minimum absolute atomic E-state index is 0.0997. The molecule has 1 aromatic heterocycles. The van der Waals surface area contributed by atoms with E-state index in [0.29, 0.717) is 5.76 Å². The number of para-hydroxylation sites is 1. The van der Waals surface area contributed by atoms with E-state index in [1.54, 1.807) is 6.07 Å². The molecule has 4 rings (SSSR count). The smallest absolute Gasteiger partial charge is 0.404 e. The first-order chi connectivity index (χ1) is 9.72. The topological polar surface area (TPSA) is 68.8 Å². The summed E-state index contributed by atoms with van der Waals surface area (Å²) in [5, 5.41) is 12.5. The molecule has 6 heteroatoms. The molecule has 0 unspecified atom stereocenters. The highest BCUT2D eigenvalue weighted by atomic mass is 16.7. The third-order valence-electron chi connectivity index (χ3n) is 3.83. The Kier molecular flexibility index (Phi) is 2.34. The predicted molar refractivity (Wildman–Crippen MR) is 70.2 cm³/mol. The lowest BCUT2D eigenvalue weighted by atomic mass is 10.0. The van der Waals surface area contributed by atoms with Crippen LogP contribution in [0, 0.1) is 10.1 Å². The van der Waals surface area contributed by atoms with Crippen molar-refractivity contribution in [3.63, 3.8) is 0 Å². The first-order valence-electron chi connectivity index (χ1n) is 6.50. The number of furan rings is 1. The fourth-order valence-electron chi connectivity index (χ4n) is 2.96. The second-order valence-electron chi connectivity index (χ2n) is 5.07. The molecule has 0 saturated carbocycles. The molecule has 1 aromatic carbocycles. The molecule has 3 heterocycles. The summed E-state index contributed by atoms with van der Waals surface area (Å²) in [7, 11) is 0. The number of hydrogen-bond acceptors (Lipinski definition) is 5. The fourth-order valence-corrected chi connectivity index (χ4v) is 2.96. The number of anilines is 1. The molecule has 0 aliphatic carbocycles. The van der Waals surface area contributed by atoms with Crippen LogP contribution in [0.4, 0.5) is 11.6 Å². The molecule has 2 aromatic rings. The average molecular weight is 272 g/mol. The van der Waals surface area contributed by atoms with Gasteiger partial charge in [0.05, 0.1) is 17.9 Å². The maximum atomic E-state index is 10.7. The monoisotopic (exact) mass is 272 g/mol. The van der Waals surface area contributed by atoms with Crippen molar-refractivity contribution < 1.29 is 14.2 Å². The molecular formula is C14H12N2O4. The van der Waals surface area contributed by atoms with Crippen LogP contribution < -0.4 is 5.06 Å². The number of hydrogen-bond donors (Lipinski definition) is 0. The Morgan fingerprint density at radius 2 is 2.10 bits per heavy atom. The molecular weight excluding hydrogens is 260 g/mol. The molecule has 1 saturated heterocycles. The van der Waals surface area contributed by atoms with E-state index in [1.165, 1.54) is 11.6 Å². The fraction of sp³-hybridized carbons (Fsp3) is 0.286. The molecule has 2 atom stereocenters. The van der Waals surface area contributed by atoms with Crippen LogP contribution in [-0.4, -0.2) is 11.0 Å². The van der Waals surface area contributed by atoms with Gasteiger partial charge in [0.2, 0.25) is 0 Å². The van der Waals surface area contributed by atoms with Gasteiger partial charge in [0.25, 0.3) is 0 Å². The number of nitro groups is 1. The van der Waals surface area contributed by atoms with E-state index < -0.39 is 4.92 Å². The number of nitrogens with zero attached hydrogens (tertiary/aromatic N) is 2. The maximum absolute atomic E-state index is 10.7. The SMILES string of the molecule is O=[N+]([O-])c1ccc([C@H]2C[C@@H]3Cc4ccccc4N2O3)o1. The lowest BCUT2D eigenvalue weighted by molar-refractivity contribution is -0.402. The third-order valence-corrected chi connectivity index (χ3v) is 3.83. The molecule has 1 fully saturated rings. The van der Waals surface area contributed by atoms with Crippen molar-refractivity contribution >= 4 is 11.6 Å². The van der Waals surface area contributed by atoms with Crippen molar-refractivity contribution in [1.82, 2.24) is 0 Å². The number of rotatable bonds is 2. The molecule has 2 bridgehead atoms. The summed E-state index contributed by atoms with van der Waals surface area (Å²) < 4.78 is 5.33. The quantitative estimate of drug-likeness (QED) is 0.621. The van der Waals surface area contributed by atoms with E-state index >= 15 is 0 Å². The number of fused-ring (bicyclic) bond motifs is 4. The van der Waals surface area contributed by atoms with Gasteiger partial charge >= 0.3 is 5.88 Å². The van der Waals surface area contributed by atoms with Gasteiger partial charge in [-0.05, 0) is 17.7 Å². The van der Waals surface area contributed by atoms with Gasteiger partial charge in [-0.3, -0.25) is 15.0 Å². The van der Waals surface area contributed by atoms with Crippen LogP contribution in [0.25, 0.3) is 0 Å². The van der Waals surface area contributed by atoms with Crippen molar-refractivity contribution in [3.05, 3.63) is 57.8 Å². The molecule has 102 valence electrons. The number of benzene rings is 1. The van der Waals surface area contributed by atoms with E-state index in [9.17, 15) is 10.1 Å². The van der Waals surface area contributed by atoms with Crippen molar-refractivity contribution in [2.45, 2.75) is 25.0 Å². The molecule has 6 nitrogen and oxygen atoms in total. The summed E-state index contributed by atoms with van der Waals surface area (Å²) in [5.74, 6) is 0.354. The third kappa shape index (κ3) is 1.61. The standard InChI is InChI=1S/C14H12N2O4/c17-16(18)14-6-5-13(19-14)12-8-10-7-9-3-1-2-4-11(9)15(12)20-10/h1-6,10,12H,7-8H2/t10-,12+/m0/s1. The van der Waals surface area contributed by atoms with Crippen LogP contribution >= 0.6 is 0 Å². The van der Waals surface area contributed by atoms with Gasteiger partial charge in [-0.2, -0.15) is 0 Å². The molecule has 2 aliphatic rings. The number of hydroxylamine groups is 1. The first-order valence-corrected chi connectivity index (χ1v) is 6.50. The highest BCUT2D eigenvalue weighted by Crippen LogP contribution is 2.45. The minimum atomic E-state index is -0.519. The second-order valence-corrected chi connectivity index (χ2v) is 5.07. The van der Waals surface area contributed by atoms with Crippen molar-refractivity contribution in [1.29, 1.82) is 0 Å². The normalized spacial score (nSPS) is 23.7. The molecule has 20 heavy (non-hydrogen) atoms. The van der Waals surface area contributed by atoms with E-state index in [1.807, 2.05) is 23.3 Å². The lowest BCUT2D eigenvalue weighted by Crippen LogP contribution is -2.27. The van der Waals surface area contributed by atoms with Crippen molar-refractivity contribution in [2.75, 3.05) is 5.06 Å². The van der Waals surface area contributed by atoms with E-state index in [0.717, 1.165) is 18.5 Å². The minimum Gasteiger partial charge on any atom is -0.404 e. The Morgan fingerprint density at radius 3 is 2.90 bits per heavy atom. The Morgan fingerprint density at radius 1 is 1.25 bits per heavy atom. The Hall–Kier alpha value is -2.34. The van der Waals surface area contributed by atoms with E-state index in [-0.39, 0.29) is 18.0 Å². The van der Waals surface area contributed by atoms with Crippen molar-refractivity contribution in [2.24, 2.45) is 0 Å². The highest BCUT2D eigenvalue weighted by molar-refractivity contribution is 5.56. The predicted octanol–water partition coefficient (Wildman–Crippen LogP) is 3.00. The first kappa shape index (κ1) is 11.5. The zero-order valence-electron chi connectivity index (χ0n) is 10.6. The van der Waals surface area contributed by atoms with Crippen LogP contribution in [0.5, 0.6) is 0 Å². The van der Waals surface area contributed by atoms with Crippen LogP contribution in [-0.2, 0) is 11.3 Å². The van der Waals surface area contributed by atoms with Gasteiger partial charge in [0.1, 0.15) is 16.7 Å². The van der Waals surface area contributed by atoms with Gasteiger partial charge in [0.15, 0.2) is 0 Å². The van der Waals surface area contributed by atoms with Gasteiger partial charge in [-0.15, -0.1) is 0 Å². The molecule has 0 amide bonds. The van der Waals surface area contributed by atoms with E-state index in [2.05, 4.69) is 6.07 Å². The summed E-state index contributed by atoms with van der Waals surface area (Å²) in [6.07, 6.45) is 1.75. The maximum Gasteiger partial charge on any atom is 0.433 e. The van der Waals surface area contributed by atoms with Gasteiger partial charge in [0, 0.05) is 12.8 Å². The second kappa shape index (κ2) is 4.08. The molecule has 2 aliphatic heterocycles. The Balaban J connectivity index is 1.72. The van der Waals surface area contributed by atoms with Crippen LogP contribution in [0.3, 0.4) is 0 Å². The highest BCUT2D eigenvalue weighted by Gasteiger charge is 2.41. The Labute approximate surface area is 114 Å². The van der Waals surface area contributed by atoms with Gasteiger partial charge in [-0.25, -0.2) is 5.06 Å². The van der Waals surface area contributed by atoms with Gasteiger partial charge in [-0.1, -0.05) is 18.2 Å². The largest absolute Gasteiger partial charge is 0.433 e. The Bertz CT molecular complexity index is 681. The zero-order chi connectivity index (χ0) is 13.7. The molecule has 0 radical (unpaired) electrons. The summed E-state index contributed by atoms with van der Waals surface area (Å²) in [5.41, 5.74) is 2.26. The van der Waals surface area contributed by atoms with Crippen LogP contribution in [0.1, 0.15) is 23.8 Å². The van der Waals surface area contributed by atoms with Gasteiger partial charge < -0.3 is 4.42 Å². The van der Waals surface area contributed by atoms with E-state index in [4.69, 9.17) is 9.25 Å². The average Bonchev–Trinajstić information content (AvgIpc) is 3.04. The summed E-state index contributed by atoms with van der Waals surface area (Å²) in [6, 6.07) is 11.0. The van der Waals surface area contributed by atoms with Crippen molar-refractivity contribution in [3.8, 4) is 0 Å². The zero-order valence-corrected chi connectivity index (χ0v) is 10.6. The molecule has 0 spiro atoms. The molecule has 0 N–H and O–H groups in total. The van der Waals surface area contributed by atoms with Crippen LogP contribution in [0.15, 0.2) is 40.8 Å². The van der Waals surface area contributed by atoms with Crippen LogP contribution in [0.2, 0.25) is 0 Å². The summed E-state index contributed by atoms with van der Waals surface area (Å²) in [6.45, 7) is 0.